The first kappa shape index (κ1) is 16.7. The third-order valence-corrected chi connectivity index (χ3v) is 5.08. The van der Waals surface area contributed by atoms with E-state index in [1.54, 1.807) is 0 Å². The number of nitrogens with zero attached hydrogens (tertiary/aromatic N) is 3. The molecule has 26 heavy (non-hydrogen) atoms. The van der Waals surface area contributed by atoms with Crippen LogP contribution in [0.15, 0.2) is 36.5 Å². The molecule has 0 spiro atoms. The van der Waals surface area contributed by atoms with Crippen LogP contribution >= 0.6 is 0 Å². The molecule has 3 aromatic rings. The summed E-state index contributed by atoms with van der Waals surface area (Å²) in [5.41, 5.74) is 4.36. The van der Waals surface area contributed by atoms with Crippen LogP contribution in [0, 0.1) is 6.92 Å². The predicted octanol–water partition coefficient (Wildman–Crippen LogP) is 2.76. The number of aryl methyl sites for hydroxylation is 1. The van der Waals surface area contributed by atoms with Crippen molar-refractivity contribution < 1.29 is 4.79 Å². The second kappa shape index (κ2) is 6.88. The molecule has 1 aromatic carbocycles. The molecule has 134 valence electrons. The number of likely N-dealkylation sites (tertiary alicyclic amines) is 1. The Hall–Kier alpha value is -2.73. The molecule has 4 rings (SSSR count). The number of nitrogens with one attached hydrogen (secondary N) is 2. The van der Waals surface area contributed by atoms with Gasteiger partial charge < -0.3 is 10.2 Å². The van der Waals surface area contributed by atoms with Crippen molar-refractivity contribution in [3.05, 3.63) is 47.9 Å². The van der Waals surface area contributed by atoms with Gasteiger partial charge in [-0.15, -0.1) is 0 Å². The maximum atomic E-state index is 12.7. The average Bonchev–Trinajstić information content (AvgIpc) is 3.07. The molecule has 1 amide bonds. The molecule has 0 bridgehead atoms. The van der Waals surface area contributed by atoms with E-state index < -0.39 is 0 Å². The molecule has 1 saturated heterocycles. The van der Waals surface area contributed by atoms with Gasteiger partial charge in [-0.1, -0.05) is 12.1 Å². The van der Waals surface area contributed by atoms with Gasteiger partial charge in [0.15, 0.2) is 5.69 Å². The molecule has 1 fully saturated rings. The highest BCUT2D eigenvalue weighted by Crippen LogP contribution is 2.25. The Labute approximate surface area is 152 Å². The largest absolute Gasteiger partial charge is 0.348 e. The van der Waals surface area contributed by atoms with Gasteiger partial charge in [0.2, 0.25) is 0 Å². The molecular weight excluding hydrogens is 326 g/mol. The van der Waals surface area contributed by atoms with Crippen molar-refractivity contribution in [2.75, 3.05) is 20.1 Å². The summed E-state index contributed by atoms with van der Waals surface area (Å²) < 4.78 is 0. The number of aromatic amines is 1. The Bertz CT molecular complexity index is 923. The molecule has 0 radical (unpaired) electrons. The Kier molecular flexibility index (Phi) is 4.42. The van der Waals surface area contributed by atoms with Crippen LogP contribution in [-0.2, 0) is 0 Å². The second-order valence-electron chi connectivity index (χ2n) is 7.07. The highest BCUT2D eigenvalue weighted by atomic mass is 16.2. The Morgan fingerprint density at radius 1 is 1.19 bits per heavy atom. The van der Waals surface area contributed by atoms with E-state index in [1.165, 1.54) is 0 Å². The minimum atomic E-state index is -0.106. The molecule has 2 aromatic heterocycles. The van der Waals surface area contributed by atoms with Crippen molar-refractivity contribution >= 4 is 16.8 Å². The van der Waals surface area contributed by atoms with Crippen molar-refractivity contribution in [3.63, 3.8) is 0 Å². The SMILES string of the molecule is Cc1ccc(-c2ccc3[nH]nc(C(=O)NC4CCN(C)CC4)c3c2)cn1. The number of carbonyl (C=O) groups excluding carboxylic acids is 1. The summed E-state index contributed by atoms with van der Waals surface area (Å²) in [7, 11) is 2.11. The first-order valence-electron chi connectivity index (χ1n) is 9.01. The van der Waals surface area contributed by atoms with E-state index in [1.807, 2.05) is 43.5 Å². The maximum absolute atomic E-state index is 12.7. The van der Waals surface area contributed by atoms with Gasteiger partial charge in [0.05, 0.1) is 5.52 Å². The number of pyridine rings is 1. The zero-order valence-electron chi connectivity index (χ0n) is 15.1. The minimum Gasteiger partial charge on any atom is -0.348 e. The van der Waals surface area contributed by atoms with E-state index in [0.29, 0.717) is 5.69 Å². The third-order valence-electron chi connectivity index (χ3n) is 5.08. The number of hydrogen-bond acceptors (Lipinski definition) is 4. The molecule has 3 heterocycles. The fraction of sp³-hybridized carbons (Fsp3) is 0.350. The smallest absolute Gasteiger partial charge is 0.272 e. The molecule has 2 N–H and O–H groups in total. The molecule has 1 aliphatic heterocycles. The van der Waals surface area contributed by atoms with E-state index in [9.17, 15) is 4.79 Å². The number of rotatable bonds is 3. The van der Waals surface area contributed by atoms with E-state index in [0.717, 1.165) is 53.7 Å². The fourth-order valence-electron chi connectivity index (χ4n) is 3.41. The molecule has 1 aliphatic rings. The van der Waals surface area contributed by atoms with Crippen molar-refractivity contribution in [1.29, 1.82) is 0 Å². The van der Waals surface area contributed by atoms with Crippen molar-refractivity contribution in [2.45, 2.75) is 25.8 Å². The van der Waals surface area contributed by atoms with Gasteiger partial charge in [-0.2, -0.15) is 5.10 Å². The van der Waals surface area contributed by atoms with Crippen LogP contribution in [0.4, 0.5) is 0 Å². The molecular formula is C20H23N5O. The van der Waals surface area contributed by atoms with Crippen LogP contribution < -0.4 is 5.32 Å². The molecule has 6 heteroatoms. The van der Waals surface area contributed by atoms with Crippen molar-refractivity contribution in [3.8, 4) is 11.1 Å². The van der Waals surface area contributed by atoms with E-state index in [2.05, 4.69) is 32.4 Å². The lowest BCUT2D eigenvalue weighted by Crippen LogP contribution is -2.43. The summed E-state index contributed by atoms with van der Waals surface area (Å²) in [6.07, 6.45) is 3.81. The zero-order chi connectivity index (χ0) is 18.1. The molecule has 6 nitrogen and oxygen atoms in total. The lowest BCUT2D eigenvalue weighted by atomic mass is 10.0. The Morgan fingerprint density at radius 2 is 1.96 bits per heavy atom. The van der Waals surface area contributed by atoms with E-state index in [4.69, 9.17) is 0 Å². The van der Waals surface area contributed by atoms with Crippen LogP contribution in [0.5, 0.6) is 0 Å². The van der Waals surface area contributed by atoms with Gasteiger partial charge in [0.1, 0.15) is 0 Å². The monoisotopic (exact) mass is 349 g/mol. The van der Waals surface area contributed by atoms with Crippen LogP contribution in [0.2, 0.25) is 0 Å². The van der Waals surface area contributed by atoms with Crippen LogP contribution in [0.25, 0.3) is 22.0 Å². The van der Waals surface area contributed by atoms with Crippen LogP contribution in [0.3, 0.4) is 0 Å². The zero-order valence-corrected chi connectivity index (χ0v) is 15.1. The van der Waals surface area contributed by atoms with Gasteiger partial charge in [0.25, 0.3) is 5.91 Å². The van der Waals surface area contributed by atoms with Gasteiger partial charge in [-0.3, -0.25) is 14.9 Å². The number of fused-ring (bicyclic) bond motifs is 1. The first-order valence-corrected chi connectivity index (χ1v) is 9.01. The molecule has 0 unspecified atom stereocenters. The third kappa shape index (κ3) is 3.32. The van der Waals surface area contributed by atoms with E-state index >= 15 is 0 Å². The topological polar surface area (TPSA) is 73.9 Å². The summed E-state index contributed by atoms with van der Waals surface area (Å²) in [6, 6.07) is 10.2. The van der Waals surface area contributed by atoms with Crippen molar-refractivity contribution in [1.82, 2.24) is 25.4 Å². The normalized spacial score (nSPS) is 16.1. The average molecular weight is 349 g/mol. The molecule has 0 saturated carbocycles. The summed E-state index contributed by atoms with van der Waals surface area (Å²) in [4.78, 5) is 19.4. The number of piperidine rings is 1. The number of benzene rings is 1. The highest BCUT2D eigenvalue weighted by molar-refractivity contribution is 6.05. The Morgan fingerprint density at radius 3 is 2.69 bits per heavy atom. The number of carbonyl (C=O) groups is 1. The summed E-state index contributed by atoms with van der Waals surface area (Å²) in [6.45, 7) is 3.99. The summed E-state index contributed by atoms with van der Waals surface area (Å²) >= 11 is 0. The summed E-state index contributed by atoms with van der Waals surface area (Å²) in [5.74, 6) is -0.106. The molecule has 0 aliphatic carbocycles. The number of aromatic nitrogens is 3. The second-order valence-corrected chi connectivity index (χ2v) is 7.07. The lowest BCUT2D eigenvalue weighted by Gasteiger charge is -2.29. The van der Waals surface area contributed by atoms with Gasteiger partial charge >= 0.3 is 0 Å². The lowest BCUT2D eigenvalue weighted by molar-refractivity contribution is 0.0913. The predicted molar refractivity (Wildman–Crippen MR) is 102 cm³/mol. The van der Waals surface area contributed by atoms with E-state index in [-0.39, 0.29) is 11.9 Å². The van der Waals surface area contributed by atoms with Gasteiger partial charge in [-0.05, 0) is 63.7 Å². The quantitative estimate of drug-likeness (QED) is 0.762. The van der Waals surface area contributed by atoms with Crippen LogP contribution in [-0.4, -0.2) is 52.2 Å². The minimum absolute atomic E-state index is 0.106. The maximum Gasteiger partial charge on any atom is 0.272 e. The summed E-state index contributed by atoms with van der Waals surface area (Å²) in [5, 5.41) is 11.2. The Balaban J connectivity index is 1.60. The fourth-order valence-corrected chi connectivity index (χ4v) is 3.41. The van der Waals surface area contributed by atoms with Gasteiger partial charge in [-0.25, -0.2) is 0 Å². The highest BCUT2D eigenvalue weighted by Gasteiger charge is 2.21. The standard InChI is InChI=1S/C20H23N5O/c1-13-3-4-15(12-21-13)14-5-6-18-17(11-14)19(24-23-18)20(26)22-16-7-9-25(2)10-8-16/h3-6,11-12,16H,7-10H2,1-2H3,(H,22,26)(H,23,24). The van der Waals surface area contributed by atoms with Crippen LogP contribution in [0.1, 0.15) is 29.0 Å². The van der Waals surface area contributed by atoms with Gasteiger partial charge in [0, 0.05) is 28.9 Å². The number of hydrogen-bond donors (Lipinski definition) is 2. The first-order chi connectivity index (χ1) is 12.6. The number of amides is 1. The number of H-pyrrole nitrogens is 1. The molecule has 0 atom stereocenters. The van der Waals surface area contributed by atoms with Crippen molar-refractivity contribution in [2.24, 2.45) is 0 Å².